The Bertz CT molecular complexity index is 537. The van der Waals surface area contributed by atoms with E-state index in [0.717, 1.165) is 42.4 Å². The van der Waals surface area contributed by atoms with Crippen LogP contribution in [0, 0.1) is 20.8 Å². The van der Waals surface area contributed by atoms with Gasteiger partial charge in [0.15, 0.2) is 0 Å². The van der Waals surface area contributed by atoms with Gasteiger partial charge in [0.1, 0.15) is 0 Å². The summed E-state index contributed by atoms with van der Waals surface area (Å²) in [7, 11) is -3.60. The second kappa shape index (κ2) is 5.61. The Kier molecular flexibility index (Phi) is 4.28. The second-order valence-electron chi connectivity index (χ2n) is 5.34. The van der Waals surface area contributed by atoms with Crippen molar-refractivity contribution in [2.75, 3.05) is 0 Å². The van der Waals surface area contributed by atoms with Crippen molar-refractivity contribution in [3.8, 4) is 0 Å². The van der Waals surface area contributed by atoms with Gasteiger partial charge in [0.2, 0.25) is 0 Å². The average molecular weight is 283 g/mol. The predicted molar refractivity (Wildman–Crippen MR) is 74.3 cm³/mol. The molecule has 5 heteroatoms. The highest BCUT2D eigenvalue weighted by atomic mass is 32.2. The molecule has 1 N–H and O–H groups in total. The van der Waals surface area contributed by atoms with Crippen molar-refractivity contribution < 1.29 is 13.3 Å². The van der Waals surface area contributed by atoms with Crippen LogP contribution in [0.2, 0.25) is 0 Å². The van der Waals surface area contributed by atoms with Crippen molar-refractivity contribution in [1.29, 1.82) is 0 Å². The van der Waals surface area contributed by atoms with Gasteiger partial charge in [-0.15, -0.1) is 0 Å². The minimum Gasteiger partial charge on any atom is -0.284 e. The molecule has 4 nitrogen and oxygen atoms in total. The quantitative estimate of drug-likeness (QED) is 0.864. The Labute approximate surface area is 115 Å². The third kappa shape index (κ3) is 3.35. The van der Waals surface area contributed by atoms with Crippen molar-refractivity contribution in [2.45, 2.75) is 57.5 Å². The zero-order valence-electron chi connectivity index (χ0n) is 11.7. The van der Waals surface area contributed by atoms with Crippen LogP contribution < -0.4 is 4.89 Å². The van der Waals surface area contributed by atoms with Crippen molar-refractivity contribution in [3.63, 3.8) is 0 Å². The van der Waals surface area contributed by atoms with Gasteiger partial charge in [-0.1, -0.05) is 35.4 Å². The molecule has 0 heterocycles. The van der Waals surface area contributed by atoms with E-state index >= 15 is 0 Å². The van der Waals surface area contributed by atoms with Gasteiger partial charge in [-0.2, -0.15) is 0 Å². The van der Waals surface area contributed by atoms with Crippen LogP contribution in [0.3, 0.4) is 0 Å². The van der Waals surface area contributed by atoms with Gasteiger partial charge in [0.05, 0.1) is 11.0 Å². The number of benzene rings is 1. The summed E-state index contributed by atoms with van der Waals surface area (Å²) in [5.41, 5.74) is 2.56. The Morgan fingerprint density at radius 3 is 2.16 bits per heavy atom. The summed E-state index contributed by atoms with van der Waals surface area (Å²) in [6.07, 6.45) is 4.08. The predicted octanol–water partition coefficient (Wildman–Crippen LogP) is 2.76. The molecule has 0 spiro atoms. The van der Waals surface area contributed by atoms with Crippen LogP contribution in [0.5, 0.6) is 0 Å². The number of rotatable bonds is 4. The van der Waals surface area contributed by atoms with Gasteiger partial charge in [0.25, 0.3) is 10.0 Å². The molecule has 1 aliphatic carbocycles. The summed E-state index contributed by atoms with van der Waals surface area (Å²) >= 11 is 0. The average Bonchev–Trinajstić information content (AvgIpc) is 2.77. The van der Waals surface area contributed by atoms with Crippen molar-refractivity contribution >= 4 is 10.0 Å². The van der Waals surface area contributed by atoms with Crippen molar-refractivity contribution in [1.82, 2.24) is 4.89 Å². The number of nitrogens with one attached hydrogen (secondary N) is 1. The minimum absolute atomic E-state index is 0.0147. The molecule has 1 aliphatic rings. The molecule has 0 unspecified atom stereocenters. The maximum absolute atomic E-state index is 12.3. The van der Waals surface area contributed by atoms with Gasteiger partial charge in [0, 0.05) is 0 Å². The summed E-state index contributed by atoms with van der Waals surface area (Å²) in [6, 6.07) is 3.74. The van der Waals surface area contributed by atoms with E-state index < -0.39 is 10.0 Å². The molecule has 0 aliphatic heterocycles. The maximum Gasteiger partial charge on any atom is 0.263 e. The molecule has 1 aromatic rings. The molecule has 1 fully saturated rings. The van der Waals surface area contributed by atoms with Crippen molar-refractivity contribution in [2.24, 2.45) is 0 Å². The molecule has 106 valence electrons. The summed E-state index contributed by atoms with van der Waals surface area (Å²) in [5, 5.41) is 0. The van der Waals surface area contributed by atoms with Gasteiger partial charge >= 0.3 is 0 Å². The van der Waals surface area contributed by atoms with Crippen LogP contribution in [-0.4, -0.2) is 14.5 Å². The first-order valence-electron chi connectivity index (χ1n) is 6.65. The van der Waals surface area contributed by atoms with E-state index in [1.807, 2.05) is 32.9 Å². The lowest BCUT2D eigenvalue weighted by Crippen LogP contribution is -2.29. The fourth-order valence-corrected chi connectivity index (χ4v) is 4.08. The first kappa shape index (κ1) is 14.5. The molecule has 0 atom stereocenters. The molecule has 2 rings (SSSR count). The monoisotopic (exact) mass is 283 g/mol. The van der Waals surface area contributed by atoms with Crippen LogP contribution in [0.4, 0.5) is 0 Å². The maximum atomic E-state index is 12.3. The summed E-state index contributed by atoms with van der Waals surface area (Å²) in [5.74, 6) is 0. The Balaban J connectivity index is 2.19. The first-order chi connectivity index (χ1) is 8.90. The molecule has 0 aromatic heterocycles. The minimum atomic E-state index is -3.60. The third-order valence-electron chi connectivity index (χ3n) is 3.50. The number of hydrogen-bond donors (Lipinski definition) is 1. The van der Waals surface area contributed by atoms with E-state index in [9.17, 15) is 8.42 Å². The van der Waals surface area contributed by atoms with Crippen molar-refractivity contribution in [3.05, 3.63) is 28.8 Å². The molecular formula is C14H21NO3S. The smallest absolute Gasteiger partial charge is 0.263 e. The molecule has 19 heavy (non-hydrogen) atoms. The molecule has 0 bridgehead atoms. The SMILES string of the molecule is Cc1cc(C)c(S(=O)(=O)NOC2CCCC2)c(C)c1. The largest absolute Gasteiger partial charge is 0.284 e. The van der Waals surface area contributed by atoms with Gasteiger partial charge < -0.3 is 0 Å². The standard InChI is InChI=1S/C14H21NO3S/c1-10-8-11(2)14(12(3)9-10)19(16,17)15-18-13-6-4-5-7-13/h8-9,13,15H,4-7H2,1-3H3. The second-order valence-corrected chi connectivity index (χ2v) is 6.92. The van der Waals surface area contributed by atoms with Crippen LogP contribution >= 0.6 is 0 Å². The lowest BCUT2D eigenvalue weighted by atomic mass is 10.1. The zero-order valence-corrected chi connectivity index (χ0v) is 12.5. The summed E-state index contributed by atoms with van der Waals surface area (Å²) < 4.78 is 24.6. The van der Waals surface area contributed by atoms with Crippen LogP contribution in [0.15, 0.2) is 17.0 Å². The Morgan fingerprint density at radius 2 is 1.63 bits per heavy atom. The Hall–Kier alpha value is -0.910. The first-order valence-corrected chi connectivity index (χ1v) is 8.14. The van der Waals surface area contributed by atoms with E-state index in [4.69, 9.17) is 4.84 Å². The lowest BCUT2D eigenvalue weighted by molar-refractivity contribution is 0.0223. The molecular weight excluding hydrogens is 262 g/mol. The fourth-order valence-electron chi connectivity index (χ4n) is 2.77. The highest BCUT2D eigenvalue weighted by molar-refractivity contribution is 7.89. The van der Waals surface area contributed by atoms with Crippen LogP contribution in [-0.2, 0) is 14.9 Å². The van der Waals surface area contributed by atoms with E-state index in [0.29, 0.717) is 4.90 Å². The molecule has 0 radical (unpaired) electrons. The van der Waals surface area contributed by atoms with E-state index in [2.05, 4.69) is 4.89 Å². The molecule has 1 aromatic carbocycles. The number of hydrogen-bond acceptors (Lipinski definition) is 3. The van der Waals surface area contributed by atoms with E-state index in [-0.39, 0.29) is 6.10 Å². The topological polar surface area (TPSA) is 55.4 Å². The molecule has 1 saturated carbocycles. The fraction of sp³-hybridized carbons (Fsp3) is 0.571. The molecule has 0 saturated heterocycles. The third-order valence-corrected chi connectivity index (χ3v) is 5.00. The zero-order chi connectivity index (χ0) is 14.0. The number of aryl methyl sites for hydroxylation is 3. The highest BCUT2D eigenvalue weighted by Crippen LogP contribution is 2.23. The normalized spacial score (nSPS) is 17.0. The van der Waals surface area contributed by atoms with Gasteiger partial charge in [-0.3, -0.25) is 4.84 Å². The van der Waals surface area contributed by atoms with E-state index in [1.165, 1.54) is 0 Å². The highest BCUT2D eigenvalue weighted by Gasteiger charge is 2.23. The lowest BCUT2D eigenvalue weighted by Gasteiger charge is -2.15. The number of sulfonamides is 1. The Morgan fingerprint density at radius 1 is 1.11 bits per heavy atom. The van der Waals surface area contributed by atoms with Crippen LogP contribution in [0.25, 0.3) is 0 Å². The van der Waals surface area contributed by atoms with Gasteiger partial charge in [-0.25, -0.2) is 8.42 Å². The van der Waals surface area contributed by atoms with E-state index in [1.54, 1.807) is 0 Å². The molecule has 0 amide bonds. The summed E-state index contributed by atoms with van der Waals surface area (Å²) in [6.45, 7) is 5.58. The summed E-state index contributed by atoms with van der Waals surface area (Å²) in [4.78, 5) is 7.94. The van der Waals surface area contributed by atoms with Gasteiger partial charge in [-0.05, 0) is 44.7 Å². The van der Waals surface area contributed by atoms with Crippen LogP contribution in [0.1, 0.15) is 42.4 Å².